The number of nitrogens with zero attached hydrogens (tertiary/aromatic N) is 1. The Morgan fingerprint density at radius 2 is 2.16 bits per heavy atom. The third-order valence-electron chi connectivity index (χ3n) is 2.63. The van der Waals surface area contributed by atoms with Crippen LogP contribution in [0.4, 0.5) is 5.13 Å². The van der Waals surface area contributed by atoms with Crippen LogP contribution in [0.15, 0.2) is 34.9 Å². The number of hydrogen-bond donors (Lipinski definition) is 1. The molecule has 3 nitrogen and oxygen atoms in total. The second kappa shape index (κ2) is 6.30. The first-order chi connectivity index (χ1) is 9.06. The number of aromatic nitrogens is 1. The number of rotatable bonds is 4. The monoisotopic (exact) mass is 338 g/mol. The molecule has 1 aromatic heterocycles. The third kappa shape index (κ3) is 3.88. The number of hydrogen-bond acceptors (Lipinski definition) is 3. The standard InChI is InChI=1S/C14H15BrN2OS/c1-9(2)13(18)17-14-16-8-11(19-14)7-10-5-3-4-6-12(10)15/h3-6,8-9H,7H2,1-2H3,(H,16,17,18). The summed E-state index contributed by atoms with van der Waals surface area (Å²) in [6.07, 6.45) is 2.64. The number of amides is 1. The summed E-state index contributed by atoms with van der Waals surface area (Å²) in [4.78, 5) is 16.9. The lowest BCUT2D eigenvalue weighted by atomic mass is 10.1. The molecule has 2 rings (SSSR count). The highest BCUT2D eigenvalue weighted by Gasteiger charge is 2.10. The van der Waals surface area contributed by atoms with Gasteiger partial charge in [0.2, 0.25) is 5.91 Å². The number of carbonyl (C=O) groups is 1. The molecule has 0 unspecified atom stereocenters. The van der Waals surface area contributed by atoms with Crippen LogP contribution in [0.5, 0.6) is 0 Å². The van der Waals surface area contributed by atoms with E-state index in [0.29, 0.717) is 5.13 Å². The lowest BCUT2D eigenvalue weighted by molar-refractivity contribution is -0.118. The van der Waals surface area contributed by atoms with Crippen LogP contribution in [-0.4, -0.2) is 10.9 Å². The van der Waals surface area contributed by atoms with Crippen LogP contribution in [0.1, 0.15) is 24.3 Å². The summed E-state index contributed by atoms with van der Waals surface area (Å²) in [7, 11) is 0. The molecule has 0 aliphatic heterocycles. The molecule has 0 saturated carbocycles. The average Bonchev–Trinajstić information content (AvgIpc) is 2.79. The van der Waals surface area contributed by atoms with Crippen LogP contribution >= 0.6 is 27.3 Å². The van der Waals surface area contributed by atoms with Crippen molar-refractivity contribution in [1.82, 2.24) is 4.98 Å². The molecule has 1 heterocycles. The van der Waals surface area contributed by atoms with Gasteiger partial charge in [-0.25, -0.2) is 4.98 Å². The van der Waals surface area contributed by atoms with Crippen LogP contribution in [0.2, 0.25) is 0 Å². The maximum atomic E-state index is 11.6. The summed E-state index contributed by atoms with van der Waals surface area (Å²) < 4.78 is 1.09. The molecule has 2 aromatic rings. The summed E-state index contributed by atoms with van der Waals surface area (Å²) in [5.41, 5.74) is 1.22. The van der Waals surface area contributed by atoms with Gasteiger partial charge in [-0.05, 0) is 11.6 Å². The molecule has 1 amide bonds. The van der Waals surface area contributed by atoms with Gasteiger partial charge in [0.05, 0.1) is 0 Å². The summed E-state index contributed by atoms with van der Waals surface area (Å²) in [6.45, 7) is 3.73. The molecule has 1 N–H and O–H groups in total. The summed E-state index contributed by atoms with van der Waals surface area (Å²) in [6, 6.07) is 8.12. The van der Waals surface area contributed by atoms with Crippen molar-refractivity contribution < 1.29 is 4.79 Å². The smallest absolute Gasteiger partial charge is 0.228 e. The van der Waals surface area contributed by atoms with Gasteiger partial charge in [0.25, 0.3) is 0 Å². The molecule has 0 bridgehead atoms. The summed E-state index contributed by atoms with van der Waals surface area (Å²) in [5.74, 6) is -0.0302. The van der Waals surface area contributed by atoms with Gasteiger partial charge in [0.15, 0.2) is 5.13 Å². The molecular formula is C14H15BrN2OS. The minimum absolute atomic E-state index is 0.00166. The fourth-order valence-electron chi connectivity index (χ4n) is 1.53. The highest BCUT2D eigenvalue weighted by atomic mass is 79.9. The number of carbonyl (C=O) groups excluding carboxylic acids is 1. The van der Waals surface area contributed by atoms with Crippen molar-refractivity contribution in [3.8, 4) is 0 Å². The Morgan fingerprint density at radius 3 is 2.84 bits per heavy atom. The predicted octanol–water partition coefficient (Wildman–Crippen LogP) is 4.09. The number of thiazole rings is 1. The third-order valence-corrected chi connectivity index (χ3v) is 4.32. The van der Waals surface area contributed by atoms with Gasteiger partial charge < -0.3 is 5.32 Å². The molecular weight excluding hydrogens is 324 g/mol. The van der Waals surface area contributed by atoms with E-state index in [1.807, 2.05) is 38.2 Å². The topological polar surface area (TPSA) is 42.0 Å². The van der Waals surface area contributed by atoms with Crippen molar-refractivity contribution in [2.75, 3.05) is 5.32 Å². The molecule has 0 saturated heterocycles. The van der Waals surface area contributed by atoms with E-state index in [4.69, 9.17) is 0 Å². The molecule has 0 atom stereocenters. The maximum absolute atomic E-state index is 11.6. The lowest BCUT2D eigenvalue weighted by Gasteiger charge is -2.03. The minimum atomic E-state index is -0.0318. The van der Waals surface area contributed by atoms with E-state index in [-0.39, 0.29) is 11.8 Å². The largest absolute Gasteiger partial charge is 0.302 e. The zero-order valence-electron chi connectivity index (χ0n) is 10.8. The molecule has 19 heavy (non-hydrogen) atoms. The van der Waals surface area contributed by atoms with Crippen LogP contribution in [0.3, 0.4) is 0 Å². The first-order valence-corrected chi connectivity index (χ1v) is 7.66. The quantitative estimate of drug-likeness (QED) is 0.912. The van der Waals surface area contributed by atoms with Gasteiger partial charge in [-0.2, -0.15) is 0 Å². The van der Waals surface area contributed by atoms with Crippen molar-refractivity contribution in [3.63, 3.8) is 0 Å². The lowest BCUT2D eigenvalue weighted by Crippen LogP contribution is -2.17. The van der Waals surface area contributed by atoms with Crippen LogP contribution < -0.4 is 5.32 Å². The van der Waals surface area contributed by atoms with Gasteiger partial charge >= 0.3 is 0 Å². The summed E-state index contributed by atoms with van der Waals surface area (Å²) in [5, 5.41) is 3.49. The van der Waals surface area contributed by atoms with E-state index in [9.17, 15) is 4.79 Å². The molecule has 5 heteroatoms. The fraction of sp³-hybridized carbons (Fsp3) is 0.286. The number of benzene rings is 1. The van der Waals surface area contributed by atoms with Crippen molar-refractivity contribution in [2.45, 2.75) is 20.3 Å². The Kier molecular flexibility index (Phi) is 4.71. The van der Waals surface area contributed by atoms with Crippen molar-refractivity contribution in [3.05, 3.63) is 45.4 Å². The van der Waals surface area contributed by atoms with Gasteiger partial charge in [0.1, 0.15) is 0 Å². The first kappa shape index (κ1) is 14.2. The highest BCUT2D eigenvalue weighted by Crippen LogP contribution is 2.25. The van der Waals surface area contributed by atoms with Crippen LogP contribution in [0, 0.1) is 5.92 Å². The zero-order valence-corrected chi connectivity index (χ0v) is 13.2. The molecule has 1 aromatic carbocycles. The average molecular weight is 339 g/mol. The first-order valence-electron chi connectivity index (χ1n) is 6.05. The van der Waals surface area contributed by atoms with Gasteiger partial charge in [-0.3, -0.25) is 4.79 Å². The van der Waals surface area contributed by atoms with E-state index in [0.717, 1.165) is 15.8 Å². The number of anilines is 1. The second-order valence-electron chi connectivity index (χ2n) is 4.54. The Hall–Kier alpha value is -1.20. The van der Waals surface area contributed by atoms with Crippen molar-refractivity contribution in [1.29, 1.82) is 0 Å². The zero-order chi connectivity index (χ0) is 13.8. The molecule has 0 aliphatic rings. The van der Waals surface area contributed by atoms with Crippen molar-refractivity contribution >= 4 is 38.3 Å². The second-order valence-corrected chi connectivity index (χ2v) is 6.51. The van der Waals surface area contributed by atoms with E-state index >= 15 is 0 Å². The van der Waals surface area contributed by atoms with Crippen LogP contribution in [-0.2, 0) is 11.2 Å². The van der Waals surface area contributed by atoms with Crippen LogP contribution in [0.25, 0.3) is 0 Å². The Bertz CT molecular complexity index is 580. The Morgan fingerprint density at radius 1 is 1.42 bits per heavy atom. The summed E-state index contributed by atoms with van der Waals surface area (Å²) >= 11 is 5.05. The molecule has 0 spiro atoms. The van der Waals surface area contributed by atoms with Gasteiger partial charge in [-0.15, -0.1) is 11.3 Å². The van der Waals surface area contributed by atoms with E-state index < -0.39 is 0 Å². The molecule has 0 radical (unpaired) electrons. The SMILES string of the molecule is CC(C)C(=O)Nc1ncc(Cc2ccccc2Br)s1. The maximum Gasteiger partial charge on any atom is 0.228 e. The van der Waals surface area contributed by atoms with Crippen molar-refractivity contribution in [2.24, 2.45) is 5.92 Å². The molecule has 0 aliphatic carbocycles. The number of halogens is 1. The van der Waals surface area contributed by atoms with Gasteiger partial charge in [0, 0.05) is 27.9 Å². The van der Waals surface area contributed by atoms with E-state index in [1.165, 1.54) is 16.9 Å². The van der Waals surface area contributed by atoms with Gasteiger partial charge in [-0.1, -0.05) is 48.0 Å². The minimum Gasteiger partial charge on any atom is -0.302 e. The van der Waals surface area contributed by atoms with E-state index in [2.05, 4.69) is 32.3 Å². The highest BCUT2D eigenvalue weighted by molar-refractivity contribution is 9.10. The normalized spacial score (nSPS) is 10.7. The number of nitrogens with one attached hydrogen (secondary N) is 1. The Balaban J connectivity index is 2.06. The predicted molar refractivity (Wildman–Crippen MR) is 82.5 cm³/mol. The van der Waals surface area contributed by atoms with E-state index in [1.54, 1.807) is 0 Å². The fourth-order valence-corrected chi connectivity index (χ4v) is 2.79. The molecule has 0 fully saturated rings. The molecule has 100 valence electrons. The Labute approximate surface area is 125 Å².